The molecule has 0 spiro atoms. The minimum Gasteiger partial charge on any atom is -0.343 e. The van der Waals surface area contributed by atoms with Crippen molar-refractivity contribution in [2.45, 2.75) is 155 Å². The van der Waals surface area contributed by atoms with Gasteiger partial charge < -0.3 is 20.7 Å². The summed E-state index contributed by atoms with van der Waals surface area (Å²) >= 11 is 0. The number of nitrogens with zero attached hydrogens (tertiary/aromatic N) is 2. The van der Waals surface area contributed by atoms with E-state index in [2.05, 4.69) is 24.4 Å². The van der Waals surface area contributed by atoms with Gasteiger partial charge in [-0.3, -0.25) is 24.1 Å². The molecule has 3 N–H and O–H groups in total. The third kappa shape index (κ3) is 13.8. The summed E-state index contributed by atoms with van der Waals surface area (Å²) in [6, 6.07) is -3.37. The van der Waals surface area contributed by atoms with Crippen LogP contribution in [0.3, 0.4) is 0 Å². The lowest BCUT2D eigenvalue weighted by molar-refractivity contribution is -0.154. The molecule has 234 valence electrons. The molecule has 1 aliphatic heterocycles. The summed E-state index contributed by atoms with van der Waals surface area (Å²) in [6.45, 7) is 7.18. The van der Waals surface area contributed by atoms with E-state index in [9.17, 15) is 24.0 Å². The Kier molecular flexibility index (Phi) is 18.9. The molecule has 0 aromatic rings. The van der Waals surface area contributed by atoms with E-state index in [-0.39, 0.29) is 12.3 Å². The van der Waals surface area contributed by atoms with Crippen LogP contribution in [0.4, 0.5) is 0 Å². The fourth-order valence-corrected chi connectivity index (χ4v) is 5.18. The predicted octanol–water partition coefficient (Wildman–Crippen LogP) is 4.81. The van der Waals surface area contributed by atoms with Gasteiger partial charge >= 0.3 is 0 Å². The highest BCUT2D eigenvalue weighted by Gasteiger charge is 2.41. The summed E-state index contributed by atoms with van der Waals surface area (Å²) in [7, 11) is 0. The lowest BCUT2D eigenvalue weighted by Gasteiger charge is -2.32. The maximum atomic E-state index is 13.5. The van der Waals surface area contributed by atoms with Crippen molar-refractivity contribution in [3.05, 3.63) is 12.2 Å². The quantitative estimate of drug-likeness (QED) is 0.115. The summed E-state index contributed by atoms with van der Waals surface area (Å²) in [5.41, 5.74) is 5.58. The molecule has 1 aliphatic rings. The number of imide groups is 1. The van der Waals surface area contributed by atoms with Gasteiger partial charge in [0.25, 0.3) is 5.91 Å². The Hall–Kier alpha value is -2.55. The van der Waals surface area contributed by atoms with Crippen LogP contribution in [0.25, 0.3) is 0 Å². The van der Waals surface area contributed by atoms with Gasteiger partial charge in [-0.05, 0) is 65.7 Å². The molecule has 9 heteroatoms. The molecule has 0 saturated carbocycles. The number of nitrogens with two attached hydrogens (primary N) is 1. The Morgan fingerprint density at radius 3 is 2.02 bits per heavy atom. The van der Waals surface area contributed by atoms with E-state index in [4.69, 9.17) is 5.73 Å². The van der Waals surface area contributed by atoms with Gasteiger partial charge in [-0.25, -0.2) is 0 Å². The van der Waals surface area contributed by atoms with Crippen molar-refractivity contribution < 1.29 is 24.0 Å². The molecule has 1 fully saturated rings. The molecule has 4 atom stereocenters. The Labute approximate surface area is 248 Å². The molecule has 0 bridgehead atoms. The van der Waals surface area contributed by atoms with Gasteiger partial charge in [0.15, 0.2) is 0 Å². The van der Waals surface area contributed by atoms with Gasteiger partial charge in [0.1, 0.15) is 18.4 Å². The summed E-state index contributed by atoms with van der Waals surface area (Å²) in [4.78, 5) is 65.5. The topological polar surface area (TPSA) is 130 Å². The second-order valence-electron chi connectivity index (χ2n) is 11.5. The van der Waals surface area contributed by atoms with Crippen LogP contribution >= 0.6 is 0 Å². The first-order valence-corrected chi connectivity index (χ1v) is 16.0. The number of hydrogen-bond acceptors (Lipinski definition) is 6. The number of allylic oxidation sites excluding steroid dienone is 2. The highest BCUT2D eigenvalue weighted by Crippen LogP contribution is 2.22. The van der Waals surface area contributed by atoms with Crippen LogP contribution in [-0.4, -0.2) is 70.4 Å². The predicted molar refractivity (Wildman–Crippen MR) is 163 cm³/mol. The molecule has 4 amide bonds. The Balaban J connectivity index is 2.45. The van der Waals surface area contributed by atoms with Crippen molar-refractivity contribution in [1.29, 1.82) is 0 Å². The zero-order chi connectivity index (χ0) is 30.6. The standard InChI is InChI=1S/C32H56N4O5/c1-5-6-7-8-9-10-11-12-13-14-15-16-17-18-19-22-29(38)36(25(2)24-37)32(41)28-21-20-23-35(28)31(40)27(4)34-30(39)26(3)33/h12-13,24-28H,5-11,14-23,33H2,1-4H3,(H,34,39)/t25-,26-,27-,28-/m0/s1. The molecule has 0 aromatic carbocycles. The maximum Gasteiger partial charge on any atom is 0.252 e. The van der Waals surface area contributed by atoms with Crippen LogP contribution in [0, 0.1) is 0 Å². The van der Waals surface area contributed by atoms with Crippen molar-refractivity contribution >= 4 is 29.9 Å². The largest absolute Gasteiger partial charge is 0.343 e. The van der Waals surface area contributed by atoms with Gasteiger partial charge in [-0.1, -0.05) is 70.4 Å². The Morgan fingerprint density at radius 1 is 0.902 bits per heavy atom. The number of rotatable bonds is 21. The van der Waals surface area contributed by atoms with E-state index < -0.39 is 41.9 Å². The second kappa shape index (κ2) is 21.2. The fraction of sp³-hybridized carbons (Fsp3) is 0.781. The molecule has 9 nitrogen and oxygen atoms in total. The van der Waals surface area contributed by atoms with Gasteiger partial charge in [0.05, 0.1) is 12.1 Å². The smallest absolute Gasteiger partial charge is 0.252 e. The minimum atomic E-state index is -0.911. The number of carbonyl (C=O) groups excluding carboxylic acids is 5. The first kappa shape index (κ1) is 36.5. The molecule has 1 heterocycles. The Bertz CT molecular complexity index is 844. The second-order valence-corrected chi connectivity index (χ2v) is 11.5. The third-order valence-corrected chi connectivity index (χ3v) is 7.73. The summed E-state index contributed by atoms with van der Waals surface area (Å²) in [6.07, 6.45) is 21.3. The number of amides is 4. The highest BCUT2D eigenvalue weighted by molar-refractivity contribution is 6.02. The average Bonchev–Trinajstić information content (AvgIpc) is 3.44. The van der Waals surface area contributed by atoms with E-state index in [1.807, 2.05) is 0 Å². The first-order chi connectivity index (χ1) is 19.6. The molecular formula is C32H56N4O5. The molecule has 0 unspecified atom stereocenters. The van der Waals surface area contributed by atoms with Crippen molar-refractivity contribution in [2.24, 2.45) is 5.73 Å². The number of aldehydes is 1. The van der Waals surface area contributed by atoms with Crippen molar-refractivity contribution in [3.63, 3.8) is 0 Å². The van der Waals surface area contributed by atoms with Crippen LogP contribution in [0.5, 0.6) is 0 Å². The highest BCUT2D eigenvalue weighted by atomic mass is 16.2. The normalized spacial score (nSPS) is 17.3. The van der Waals surface area contributed by atoms with Gasteiger partial charge in [0.2, 0.25) is 17.7 Å². The third-order valence-electron chi connectivity index (χ3n) is 7.73. The molecule has 1 saturated heterocycles. The average molecular weight is 577 g/mol. The SMILES string of the molecule is CCCCCCCCC=CCCCCCCCC(=O)N(C(=O)[C@@H]1CCCN1C(=O)[C@H](C)NC(=O)[C@H](C)N)[C@@H](C)C=O. The Morgan fingerprint density at radius 2 is 1.46 bits per heavy atom. The number of likely N-dealkylation sites (tertiary alicyclic amines) is 1. The van der Waals surface area contributed by atoms with Crippen LogP contribution in [0.2, 0.25) is 0 Å². The summed E-state index contributed by atoms with van der Waals surface area (Å²) in [5.74, 6) is -1.78. The molecule has 41 heavy (non-hydrogen) atoms. The van der Waals surface area contributed by atoms with Gasteiger partial charge in [-0.15, -0.1) is 0 Å². The van der Waals surface area contributed by atoms with Crippen LogP contribution in [0.1, 0.15) is 130 Å². The number of nitrogens with one attached hydrogen (secondary N) is 1. The molecule has 0 aliphatic carbocycles. The zero-order valence-corrected chi connectivity index (χ0v) is 26.1. The molecule has 1 rings (SSSR count). The van der Waals surface area contributed by atoms with E-state index >= 15 is 0 Å². The van der Waals surface area contributed by atoms with E-state index in [1.54, 1.807) is 6.92 Å². The van der Waals surface area contributed by atoms with Crippen LogP contribution < -0.4 is 11.1 Å². The van der Waals surface area contributed by atoms with Crippen molar-refractivity contribution in [3.8, 4) is 0 Å². The molecule has 0 aromatic heterocycles. The van der Waals surface area contributed by atoms with Gasteiger partial charge in [0, 0.05) is 13.0 Å². The van der Waals surface area contributed by atoms with Crippen LogP contribution in [0.15, 0.2) is 12.2 Å². The monoisotopic (exact) mass is 576 g/mol. The summed E-state index contributed by atoms with van der Waals surface area (Å²) in [5, 5.41) is 2.57. The lowest BCUT2D eigenvalue weighted by atomic mass is 10.1. The van der Waals surface area contributed by atoms with Crippen molar-refractivity contribution in [1.82, 2.24) is 15.1 Å². The van der Waals surface area contributed by atoms with Crippen molar-refractivity contribution in [2.75, 3.05) is 6.54 Å². The fourth-order valence-electron chi connectivity index (χ4n) is 5.18. The first-order valence-electron chi connectivity index (χ1n) is 16.0. The van der Waals surface area contributed by atoms with Gasteiger partial charge in [-0.2, -0.15) is 0 Å². The van der Waals surface area contributed by atoms with E-state index in [1.165, 1.54) is 63.7 Å². The number of hydrogen-bond donors (Lipinski definition) is 2. The zero-order valence-electron chi connectivity index (χ0n) is 26.1. The molecular weight excluding hydrogens is 520 g/mol. The molecule has 0 radical (unpaired) electrons. The summed E-state index contributed by atoms with van der Waals surface area (Å²) < 4.78 is 0. The number of carbonyl (C=O) groups is 5. The lowest BCUT2D eigenvalue weighted by Crippen LogP contribution is -2.56. The van der Waals surface area contributed by atoms with Crippen LogP contribution in [-0.2, 0) is 24.0 Å². The van der Waals surface area contributed by atoms with E-state index in [0.717, 1.165) is 37.0 Å². The minimum absolute atomic E-state index is 0.184. The maximum absolute atomic E-state index is 13.5. The van der Waals surface area contributed by atoms with E-state index in [0.29, 0.717) is 32.1 Å². The number of unbranched alkanes of at least 4 members (excludes halogenated alkanes) is 11.